The molecule has 0 radical (unpaired) electrons. The third kappa shape index (κ3) is 4.81. The van der Waals surface area contributed by atoms with E-state index in [0.717, 1.165) is 69.0 Å². The Morgan fingerprint density at radius 3 is 2.83 bits per heavy atom. The number of carbonyl (C=O) groups excluding carboxylic acids is 1. The van der Waals surface area contributed by atoms with Crippen molar-refractivity contribution in [3.8, 4) is 17.3 Å². The molecule has 47 heavy (non-hydrogen) atoms. The lowest BCUT2D eigenvalue weighted by molar-refractivity contribution is 0.0912. The highest BCUT2D eigenvalue weighted by molar-refractivity contribution is 6.33. The number of H-pyrrole nitrogens is 1. The molecule has 3 atom stereocenters. The van der Waals surface area contributed by atoms with Crippen molar-refractivity contribution >= 4 is 45.3 Å². The van der Waals surface area contributed by atoms with Gasteiger partial charge < -0.3 is 19.3 Å². The Bertz CT molecular complexity index is 1890. The molecule has 246 valence electrons. The van der Waals surface area contributed by atoms with Gasteiger partial charge in [0.05, 0.1) is 35.3 Å². The van der Waals surface area contributed by atoms with Crippen LogP contribution in [-0.2, 0) is 4.74 Å². The summed E-state index contributed by atoms with van der Waals surface area (Å²) in [6.07, 6.45) is 10.7. The molecule has 0 spiro atoms. The van der Waals surface area contributed by atoms with E-state index in [1.54, 1.807) is 24.3 Å². The minimum atomic E-state index is -0.533. The Morgan fingerprint density at radius 2 is 1.98 bits per heavy atom. The molecule has 1 saturated carbocycles. The Morgan fingerprint density at radius 1 is 1.13 bits per heavy atom. The summed E-state index contributed by atoms with van der Waals surface area (Å²) in [6, 6.07) is 1.92. The summed E-state index contributed by atoms with van der Waals surface area (Å²) in [5, 5.41) is 9.05. The second-order valence-corrected chi connectivity index (χ2v) is 14.5. The summed E-state index contributed by atoms with van der Waals surface area (Å²) in [5.41, 5.74) is 2.51. The van der Waals surface area contributed by atoms with Gasteiger partial charge in [0, 0.05) is 42.3 Å². The molecular formula is C34H38ClFN8O3. The van der Waals surface area contributed by atoms with Crippen LogP contribution in [0.3, 0.4) is 0 Å². The molecule has 11 nitrogen and oxygen atoms in total. The van der Waals surface area contributed by atoms with Gasteiger partial charge in [0.15, 0.2) is 5.82 Å². The summed E-state index contributed by atoms with van der Waals surface area (Å²) < 4.78 is 29.4. The molecule has 3 unspecified atom stereocenters. The van der Waals surface area contributed by atoms with E-state index in [1.807, 2.05) is 6.07 Å². The van der Waals surface area contributed by atoms with Crippen LogP contribution in [0.1, 0.15) is 62.8 Å². The highest BCUT2D eigenvalue weighted by Gasteiger charge is 2.45. The molecular weight excluding hydrogens is 623 g/mol. The number of ether oxygens (including phenoxy) is 2. The minimum Gasteiger partial charge on any atom is -0.461 e. The highest BCUT2D eigenvalue weighted by Crippen LogP contribution is 2.56. The summed E-state index contributed by atoms with van der Waals surface area (Å²) in [7, 11) is 1.80. The van der Waals surface area contributed by atoms with Gasteiger partial charge in [-0.2, -0.15) is 15.1 Å². The fraction of sp³-hybridized carbons (Fsp3) is 0.559. The van der Waals surface area contributed by atoms with Gasteiger partial charge in [0.25, 0.3) is 0 Å². The van der Waals surface area contributed by atoms with Crippen molar-refractivity contribution < 1.29 is 18.7 Å². The Labute approximate surface area is 276 Å². The van der Waals surface area contributed by atoms with Crippen LogP contribution in [0.25, 0.3) is 33.1 Å². The second kappa shape index (κ2) is 11.2. The van der Waals surface area contributed by atoms with Crippen LogP contribution in [0.15, 0.2) is 18.5 Å². The third-order valence-corrected chi connectivity index (χ3v) is 11.7. The van der Waals surface area contributed by atoms with Crippen molar-refractivity contribution in [2.75, 3.05) is 51.3 Å². The summed E-state index contributed by atoms with van der Waals surface area (Å²) in [4.78, 5) is 34.0. The topological polar surface area (TPSA) is 113 Å². The van der Waals surface area contributed by atoms with Gasteiger partial charge in [-0.25, -0.2) is 9.18 Å². The fourth-order valence-corrected chi connectivity index (χ4v) is 9.13. The number of benzene rings is 1. The first kappa shape index (κ1) is 29.4. The number of likely N-dealkylation sites (N-methyl/N-ethyl adjacent to an activating group) is 1. The van der Waals surface area contributed by atoms with Gasteiger partial charge >= 0.3 is 12.1 Å². The van der Waals surface area contributed by atoms with E-state index < -0.39 is 5.82 Å². The Hall–Kier alpha value is -3.77. The molecule has 10 rings (SSSR count). The number of rotatable bonds is 3. The maximum absolute atomic E-state index is 17.2. The Kier molecular flexibility index (Phi) is 6.97. The number of aromatic amines is 1. The summed E-state index contributed by atoms with van der Waals surface area (Å²) in [5.74, 6) is 0.352. The number of nitrogens with one attached hydrogen (secondary N) is 1. The SMILES string of the molecule is CN1C(=O)OCCC2CC2c2c(Cl)cc3[nH]ncc3c2-c2ncc3c(nc(OCC45CCCN4CCC5)nc3c2F)N2CCCC1C2. The van der Waals surface area contributed by atoms with E-state index in [9.17, 15) is 4.79 Å². The highest BCUT2D eigenvalue weighted by atomic mass is 35.5. The van der Waals surface area contributed by atoms with Crippen molar-refractivity contribution in [2.45, 2.75) is 68.9 Å². The number of nitrogens with zero attached hydrogens (tertiary/aromatic N) is 7. The smallest absolute Gasteiger partial charge is 0.409 e. The molecule has 1 N–H and O–H groups in total. The van der Waals surface area contributed by atoms with Crippen molar-refractivity contribution in [1.29, 1.82) is 0 Å². The number of hydrogen-bond acceptors (Lipinski definition) is 9. The van der Waals surface area contributed by atoms with Gasteiger partial charge in [-0.05, 0) is 87.9 Å². The van der Waals surface area contributed by atoms with Gasteiger partial charge in [-0.3, -0.25) is 15.0 Å². The molecule has 3 saturated heterocycles. The first-order valence-electron chi connectivity index (χ1n) is 16.9. The lowest BCUT2D eigenvalue weighted by atomic mass is 9.94. The van der Waals surface area contributed by atoms with E-state index in [-0.39, 0.29) is 46.7 Å². The lowest BCUT2D eigenvalue weighted by Crippen LogP contribution is -2.49. The van der Waals surface area contributed by atoms with Crippen LogP contribution in [0.5, 0.6) is 6.01 Å². The van der Waals surface area contributed by atoms with Crippen LogP contribution in [0.4, 0.5) is 15.0 Å². The van der Waals surface area contributed by atoms with E-state index in [2.05, 4.69) is 20.0 Å². The van der Waals surface area contributed by atoms with Crippen LogP contribution in [0.2, 0.25) is 5.02 Å². The summed E-state index contributed by atoms with van der Waals surface area (Å²) in [6.45, 7) is 4.15. The van der Waals surface area contributed by atoms with E-state index in [0.29, 0.717) is 60.0 Å². The number of halogens is 2. The number of fused-ring (bicyclic) bond motifs is 7. The van der Waals surface area contributed by atoms with Crippen LogP contribution in [0, 0.1) is 11.7 Å². The average Bonchev–Trinajstić information content (AvgIpc) is 3.36. The van der Waals surface area contributed by atoms with Crippen molar-refractivity contribution in [3.63, 3.8) is 0 Å². The molecule has 6 bridgehead atoms. The third-order valence-electron chi connectivity index (χ3n) is 11.4. The maximum atomic E-state index is 17.2. The number of piperidine rings is 1. The van der Waals surface area contributed by atoms with E-state index >= 15 is 4.39 Å². The largest absolute Gasteiger partial charge is 0.461 e. The zero-order valence-corrected chi connectivity index (χ0v) is 27.2. The maximum Gasteiger partial charge on any atom is 0.409 e. The molecule has 1 amide bonds. The number of pyridine rings is 1. The molecule has 5 aliphatic heterocycles. The molecule has 3 aromatic heterocycles. The number of aromatic nitrogens is 5. The number of carbonyl (C=O) groups is 1. The van der Waals surface area contributed by atoms with Gasteiger partial charge in [-0.1, -0.05) is 11.6 Å². The number of anilines is 1. The predicted molar refractivity (Wildman–Crippen MR) is 175 cm³/mol. The van der Waals surface area contributed by atoms with Crippen molar-refractivity contribution in [2.24, 2.45) is 5.92 Å². The van der Waals surface area contributed by atoms with Crippen molar-refractivity contribution in [1.82, 2.24) is 34.9 Å². The standard InChI is InChI=1S/C34H38ClFN8O3/c1-42-20-5-2-9-43(17-20)31-23-15-37-30(28(36)29(23)39-32(40-31)47-18-34-7-3-10-44(34)11-4-8-34)27-22-16-38-41-25(22)14-24(35)26(27)21-13-19(21)6-12-46-33(42)45/h14-16,19-21H,2-13,17-18H2,1H3,(H,38,41). The van der Waals surface area contributed by atoms with Gasteiger partial charge in [0.2, 0.25) is 0 Å². The zero-order chi connectivity index (χ0) is 31.9. The van der Waals surface area contributed by atoms with E-state index in [4.69, 9.17) is 36.0 Å². The van der Waals surface area contributed by atoms with Gasteiger partial charge in [-0.15, -0.1) is 0 Å². The molecule has 4 fully saturated rings. The fourth-order valence-electron chi connectivity index (χ4n) is 8.79. The first-order chi connectivity index (χ1) is 22.9. The minimum absolute atomic E-state index is 0.0185. The normalized spacial score (nSPS) is 25.6. The molecule has 1 aliphatic carbocycles. The predicted octanol–water partition coefficient (Wildman–Crippen LogP) is 5.91. The quantitative estimate of drug-likeness (QED) is 0.287. The first-order valence-corrected chi connectivity index (χ1v) is 17.3. The van der Waals surface area contributed by atoms with Crippen LogP contribution >= 0.6 is 11.6 Å². The van der Waals surface area contributed by atoms with E-state index in [1.165, 1.54) is 0 Å². The molecule has 1 aromatic carbocycles. The average molecular weight is 661 g/mol. The van der Waals surface area contributed by atoms with Gasteiger partial charge in [0.1, 0.15) is 23.6 Å². The summed E-state index contributed by atoms with van der Waals surface area (Å²) >= 11 is 6.95. The number of hydrogen-bond donors (Lipinski definition) is 1. The van der Waals surface area contributed by atoms with Crippen LogP contribution in [-0.4, -0.2) is 99.1 Å². The Balaban J connectivity index is 1.22. The molecule has 6 aliphatic rings. The zero-order valence-electron chi connectivity index (χ0n) is 26.5. The lowest BCUT2D eigenvalue weighted by Gasteiger charge is -2.38. The number of amides is 1. The van der Waals surface area contributed by atoms with Crippen LogP contribution < -0.4 is 9.64 Å². The molecule has 4 aromatic rings. The van der Waals surface area contributed by atoms with Crippen molar-refractivity contribution in [3.05, 3.63) is 34.9 Å². The second-order valence-electron chi connectivity index (χ2n) is 14.1. The molecule has 13 heteroatoms. The monoisotopic (exact) mass is 660 g/mol. The molecule has 8 heterocycles.